The molecule has 0 spiro atoms. The van der Waals surface area contributed by atoms with Crippen LogP contribution < -0.4 is 16.0 Å². The van der Waals surface area contributed by atoms with Crippen molar-refractivity contribution in [2.75, 3.05) is 37.4 Å². The summed E-state index contributed by atoms with van der Waals surface area (Å²) in [5.41, 5.74) is 5.28. The normalized spacial score (nSPS) is 14.1. The number of rotatable bonds is 10. The van der Waals surface area contributed by atoms with E-state index in [0.29, 0.717) is 30.7 Å². The van der Waals surface area contributed by atoms with Crippen LogP contribution in [0.4, 0.5) is 17.3 Å². The third kappa shape index (κ3) is 6.43. The summed E-state index contributed by atoms with van der Waals surface area (Å²) < 4.78 is 10.6. The molecule has 1 aliphatic carbocycles. The predicted molar refractivity (Wildman–Crippen MR) is 136 cm³/mol. The van der Waals surface area contributed by atoms with Crippen molar-refractivity contribution in [3.8, 4) is 11.3 Å². The van der Waals surface area contributed by atoms with Gasteiger partial charge in [-0.1, -0.05) is 30.5 Å². The van der Waals surface area contributed by atoms with Gasteiger partial charge in [0.2, 0.25) is 11.9 Å². The molecule has 0 bridgehead atoms. The molecule has 1 fully saturated rings. The van der Waals surface area contributed by atoms with Crippen molar-refractivity contribution in [3.05, 3.63) is 47.5 Å². The minimum atomic E-state index is -0.120. The number of benzene rings is 1. The van der Waals surface area contributed by atoms with Gasteiger partial charge in [-0.15, -0.1) is 0 Å². The number of ether oxygens (including phenoxy) is 1. The van der Waals surface area contributed by atoms with E-state index in [1.807, 2.05) is 44.3 Å². The number of nitrogens with one attached hydrogen (secondary N) is 3. The van der Waals surface area contributed by atoms with E-state index >= 15 is 0 Å². The molecule has 186 valence electrons. The van der Waals surface area contributed by atoms with Crippen LogP contribution in [-0.2, 0) is 9.53 Å². The van der Waals surface area contributed by atoms with E-state index in [1.165, 1.54) is 19.3 Å². The van der Waals surface area contributed by atoms with Crippen molar-refractivity contribution in [3.63, 3.8) is 0 Å². The van der Waals surface area contributed by atoms with Crippen LogP contribution in [-0.4, -0.2) is 47.8 Å². The summed E-state index contributed by atoms with van der Waals surface area (Å²) in [4.78, 5) is 21.5. The van der Waals surface area contributed by atoms with E-state index in [-0.39, 0.29) is 12.5 Å². The number of amides is 1. The Morgan fingerprint density at radius 3 is 2.77 bits per heavy atom. The summed E-state index contributed by atoms with van der Waals surface area (Å²) in [6.45, 7) is 5.34. The molecule has 2 aromatic heterocycles. The van der Waals surface area contributed by atoms with E-state index in [4.69, 9.17) is 14.2 Å². The van der Waals surface area contributed by atoms with Gasteiger partial charge in [-0.2, -0.15) is 0 Å². The molecule has 1 aliphatic rings. The van der Waals surface area contributed by atoms with Crippen molar-refractivity contribution in [2.45, 2.75) is 51.9 Å². The SMILES string of the molecule is COCCNCC(=O)Nc1cccc(Nc2ncc(C)c(-c3c(C4CCCCC4)noc3C)n2)c1. The number of aromatic nitrogens is 3. The van der Waals surface area contributed by atoms with Crippen molar-refractivity contribution >= 4 is 23.2 Å². The largest absolute Gasteiger partial charge is 0.383 e. The highest BCUT2D eigenvalue weighted by molar-refractivity contribution is 5.92. The Balaban J connectivity index is 1.49. The number of aryl methyl sites for hydroxylation is 2. The average Bonchev–Trinajstić information content (AvgIpc) is 3.25. The topological polar surface area (TPSA) is 114 Å². The van der Waals surface area contributed by atoms with E-state index < -0.39 is 0 Å². The van der Waals surface area contributed by atoms with Gasteiger partial charge in [0.05, 0.1) is 30.1 Å². The predicted octanol–water partition coefficient (Wildman–Crippen LogP) is 4.71. The maximum Gasteiger partial charge on any atom is 0.238 e. The minimum absolute atomic E-state index is 0.120. The smallest absolute Gasteiger partial charge is 0.238 e. The number of anilines is 3. The van der Waals surface area contributed by atoms with Crippen LogP contribution in [0, 0.1) is 13.8 Å². The lowest BCUT2D eigenvalue weighted by Gasteiger charge is -2.20. The summed E-state index contributed by atoms with van der Waals surface area (Å²) >= 11 is 0. The van der Waals surface area contributed by atoms with Crippen LogP contribution in [0.15, 0.2) is 35.0 Å². The quantitative estimate of drug-likeness (QED) is 0.359. The maximum absolute atomic E-state index is 12.2. The van der Waals surface area contributed by atoms with Gasteiger partial charge < -0.3 is 25.2 Å². The zero-order valence-corrected chi connectivity index (χ0v) is 20.7. The highest BCUT2D eigenvalue weighted by Gasteiger charge is 2.26. The fraction of sp³-hybridized carbons (Fsp3) is 0.462. The van der Waals surface area contributed by atoms with Crippen LogP contribution in [0.1, 0.15) is 55.0 Å². The summed E-state index contributed by atoms with van der Waals surface area (Å²) in [5, 5.41) is 13.6. The van der Waals surface area contributed by atoms with Crippen molar-refractivity contribution < 1.29 is 14.1 Å². The first-order chi connectivity index (χ1) is 17.0. The zero-order valence-electron chi connectivity index (χ0n) is 20.7. The molecule has 1 saturated carbocycles. The molecular weight excluding hydrogens is 444 g/mol. The molecule has 1 aromatic carbocycles. The van der Waals surface area contributed by atoms with Gasteiger partial charge in [0.15, 0.2) is 0 Å². The Bertz CT molecular complexity index is 1140. The second-order valence-corrected chi connectivity index (χ2v) is 8.98. The van der Waals surface area contributed by atoms with Gasteiger partial charge in [0, 0.05) is 37.1 Å². The number of hydrogen-bond acceptors (Lipinski definition) is 8. The van der Waals surface area contributed by atoms with Crippen LogP contribution in [0.25, 0.3) is 11.3 Å². The first kappa shape index (κ1) is 24.8. The van der Waals surface area contributed by atoms with Crippen molar-refractivity contribution in [1.29, 1.82) is 0 Å². The molecule has 3 aromatic rings. The first-order valence-corrected chi connectivity index (χ1v) is 12.2. The highest BCUT2D eigenvalue weighted by Crippen LogP contribution is 2.39. The van der Waals surface area contributed by atoms with Crippen LogP contribution in [0.2, 0.25) is 0 Å². The number of hydrogen-bond donors (Lipinski definition) is 3. The highest BCUT2D eigenvalue weighted by atomic mass is 16.5. The third-order valence-corrected chi connectivity index (χ3v) is 6.26. The monoisotopic (exact) mass is 478 g/mol. The van der Waals surface area contributed by atoms with Gasteiger partial charge in [-0.25, -0.2) is 9.97 Å². The molecule has 9 heteroatoms. The van der Waals surface area contributed by atoms with Gasteiger partial charge in [-0.3, -0.25) is 4.79 Å². The Hall–Kier alpha value is -3.30. The lowest BCUT2D eigenvalue weighted by atomic mass is 9.84. The molecule has 35 heavy (non-hydrogen) atoms. The lowest BCUT2D eigenvalue weighted by molar-refractivity contribution is -0.115. The Labute approximate surface area is 206 Å². The maximum atomic E-state index is 12.2. The molecule has 0 atom stereocenters. The van der Waals surface area contributed by atoms with E-state index in [2.05, 4.69) is 26.1 Å². The molecule has 3 N–H and O–H groups in total. The number of carbonyl (C=O) groups excluding carboxylic acids is 1. The van der Waals surface area contributed by atoms with Gasteiger partial charge >= 0.3 is 0 Å². The molecule has 0 unspecified atom stereocenters. The van der Waals surface area contributed by atoms with Crippen molar-refractivity contribution in [1.82, 2.24) is 20.4 Å². The second kappa shape index (κ2) is 11.9. The summed E-state index contributed by atoms with van der Waals surface area (Å²) in [7, 11) is 1.63. The van der Waals surface area contributed by atoms with E-state index in [9.17, 15) is 4.79 Å². The van der Waals surface area contributed by atoms with E-state index in [0.717, 1.165) is 46.8 Å². The van der Waals surface area contributed by atoms with Gasteiger partial charge in [0.1, 0.15) is 5.76 Å². The summed E-state index contributed by atoms with van der Waals surface area (Å²) in [6.07, 6.45) is 7.82. The fourth-order valence-corrected chi connectivity index (χ4v) is 4.47. The first-order valence-electron chi connectivity index (χ1n) is 12.2. The Morgan fingerprint density at radius 1 is 1.17 bits per heavy atom. The lowest BCUT2D eigenvalue weighted by Crippen LogP contribution is -2.30. The Kier molecular flexibility index (Phi) is 8.44. The van der Waals surface area contributed by atoms with Crippen molar-refractivity contribution in [2.24, 2.45) is 0 Å². The number of methoxy groups -OCH3 is 1. The molecule has 2 heterocycles. The molecule has 0 saturated heterocycles. The van der Waals surface area contributed by atoms with Gasteiger partial charge in [0.25, 0.3) is 0 Å². The van der Waals surface area contributed by atoms with Crippen LogP contribution in [0.5, 0.6) is 0 Å². The second-order valence-electron chi connectivity index (χ2n) is 8.98. The van der Waals surface area contributed by atoms with Gasteiger partial charge in [-0.05, 0) is 50.5 Å². The minimum Gasteiger partial charge on any atom is -0.383 e. The molecular formula is C26H34N6O3. The summed E-state index contributed by atoms with van der Waals surface area (Å²) in [5.74, 6) is 1.55. The van der Waals surface area contributed by atoms with Crippen LogP contribution >= 0.6 is 0 Å². The standard InChI is InChI=1S/C26H34N6O3/c1-17-15-28-26(30-21-11-7-10-20(14-21)29-22(33)16-27-12-13-34-3)31-24(17)23-18(2)35-32-25(23)19-8-5-4-6-9-19/h7,10-11,14-15,19,27H,4-6,8-9,12-13,16H2,1-3H3,(H,29,33)(H,28,30,31). The average molecular weight is 479 g/mol. The summed E-state index contributed by atoms with van der Waals surface area (Å²) in [6, 6.07) is 7.48. The number of nitrogens with zero attached hydrogens (tertiary/aromatic N) is 3. The molecule has 1 amide bonds. The third-order valence-electron chi connectivity index (χ3n) is 6.26. The van der Waals surface area contributed by atoms with Crippen LogP contribution in [0.3, 0.4) is 0 Å². The van der Waals surface area contributed by atoms with E-state index in [1.54, 1.807) is 7.11 Å². The molecule has 4 rings (SSSR count). The molecule has 0 aliphatic heterocycles. The Morgan fingerprint density at radius 2 is 1.97 bits per heavy atom. The zero-order chi connectivity index (χ0) is 24.6. The molecule has 0 radical (unpaired) electrons. The fourth-order valence-electron chi connectivity index (χ4n) is 4.47. The molecule has 9 nitrogen and oxygen atoms in total. The number of carbonyl (C=O) groups is 1.